The molecule has 1 aromatic carbocycles. The van der Waals surface area contributed by atoms with Crippen LogP contribution in [0.1, 0.15) is 38.8 Å². The van der Waals surface area contributed by atoms with Crippen LogP contribution in [-0.2, 0) is 0 Å². The molecule has 4 heteroatoms. The van der Waals surface area contributed by atoms with Gasteiger partial charge in [0.15, 0.2) is 0 Å². The summed E-state index contributed by atoms with van der Waals surface area (Å²) in [6, 6.07) is 11.3. The van der Waals surface area contributed by atoms with Crippen LogP contribution >= 0.6 is 0 Å². The molecule has 2 saturated heterocycles. The average Bonchev–Trinajstić information content (AvgIpc) is 2.44. The first-order valence-electron chi connectivity index (χ1n) is 8.16. The van der Waals surface area contributed by atoms with Crippen molar-refractivity contribution in [2.24, 2.45) is 11.3 Å². The first-order valence-corrected chi connectivity index (χ1v) is 8.16. The van der Waals surface area contributed by atoms with E-state index in [-0.39, 0.29) is 5.41 Å². The number of hydrogen-bond donors (Lipinski definition) is 1. The number of benzene rings is 1. The quantitative estimate of drug-likeness (QED) is 0.910. The standard InChI is InChI=1S/C18H26N2O2/c1-18(2,3)16(13-7-5-4-6-8-13)20-11-14-9-10-19(17(21)22)12-15(14)20/h4-8,14-16H,9-12H2,1-3H3,(H,21,22). The fourth-order valence-electron chi connectivity index (χ4n) is 4.13. The van der Waals surface area contributed by atoms with Gasteiger partial charge in [0.2, 0.25) is 0 Å². The zero-order valence-corrected chi connectivity index (χ0v) is 13.7. The van der Waals surface area contributed by atoms with Gasteiger partial charge in [-0.3, -0.25) is 4.90 Å². The summed E-state index contributed by atoms with van der Waals surface area (Å²) >= 11 is 0. The van der Waals surface area contributed by atoms with Gasteiger partial charge in [-0.1, -0.05) is 51.1 Å². The second-order valence-electron chi connectivity index (χ2n) is 7.72. The van der Waals surface area contributed by atoms with Crippen molar-refractivity contribution in [3.63, 3.8) is 0 Å². The lowest BCUT2D eigenvalue weighted by molar-refractivity contribution is -0.0924. The molecule has 120 valence electrons. The summed E-state index contributed by atoms with van der Waals surface area (Å²) in [5, 5.41) is 9.28. The van der Waals surface area contributed by atoms with Crippen molar-refractivity contribution in [1.29, 1.82) is 0 Å². The Morgan fingerprint density at radius 2 is 1.91 bits per heavy atom. The molecule has 2 aliphatic rings. The number of carbonyl (C=O) groups is 1. The van der Waals surface area contributed by atoms with Crippen LogP contribution in [0.4, 0.5) is 4.79 Å². The molecule has 2 fully saturated rings. The predicted molar refractivity (Wildman–Crippen MR) is 86.8 cm³/mol. The van der Waals surface area contributed by atoms with Crippen molar-refractivity contribution in [3.05, 3.63) is 35.9 Å². The molecule has 3 atom stereocenters. The normalized spacial score (nSPS) is 27.0. The van der Waals surface area contributed by atoms with Gasteiger partial charge in [-0.25, -0.2) is 4.79 Å². The van der Waals surface area contributed by atoms with Gasteiger partial charge < -0.3 is 10.0 Å². The molecule has 0 spiro atoms. The van der Waals surface area contributed by atoms with E-state index in [1.807, 2.05) is 0 Å². The molecular weight excluding hydrogens is 276 g/mol. The van der Waals surface area contributed by atoms with Crippen molar-refractivity contribution in [2.45, 2.75) is 39.3 Å². The van der Waals surface area contributed by atoms with Gasteiger partial charge in [0, 0.05) is 31.7 Å². The second kappa shape index (κ2) is 5.58. The molecule has 3 rings (SSSR count). The molecule has 22 heavy (non-hydrogen) atoms. The highest BCUT2D eigenvalue weighted by Crippen LogP contribution is 2.46. The number of rotatable bonds is 2. The van der Waals surface area contributed by atoms with Gasteiger partial charge in [-0.15, -0.1) is 0 Å². The van der Waals surface area contributed by atoms with Crippen molar-refractivity contribution in [3.8, 4) is 0 Å². The van der Waals surface area contributed by atoms with E-state index in [2.05, 4.69) is 56.0 Å². The molecule has 0 aliphatic carbocycles. The van der Waals surface area contributed by atoms with E-state index in [0.717, 1.165) is 13.0 Å². The number of hydrogen-bond acceptors (Lipinski definition) is 2. The number of fused-ring (bicyclic) bond motifs is 1. The van der Waals surface area contributed by atoms with Crippen molar-refractivity contribution >= 4 is 6.09 Å². The monoisotopic (exact) mass is 302 g/mol. The maximum Gasteiger partial charge on any atom is 0.407 e. The van der Waals surface area contributed by atoms with Gasteiger partial charge in [0.05, 0.1) is 0 Å². The summed E-state index contributed by atoms with van der Waals surface area (Å²) in [5.41, 5.74) is 1.46. The van der Waals surface area contributed by atoms with Gasteiger partial charge in [-0.05, 0) is 23.3 Å². The van der Waals surface area contributed by atoms with E-state index in [0.29, 0.717) is 31.1 Å². The van der Waals surface area contributed by atoms with E-state index in [1.165, 1.54) is 5.56 Å². The van der Waals surface area contributed by atoms with Gasteiger partial charge in [-0.2, -0.15) is 0 Å². The maximum absolute atomic E-state index is 11.3. The Hall–Kier alpha value is -1.55. The zero-order chi connectivity index (χ0) is 15.9. The number of amides is 1. The van der Waals surface area contributed by atoms with Crippen LogP contribution in [0.3, 0.4) is 0 Å². The molecule has 0 radical (unpaired) electrons. The van der Waals surface area contributed by atoms with Gasteiger partial charge in [0.25, 0.3) is 0 Å². The van der Waals surface area contributed by atoms with E-state index in [9.17, 15) is 9.90 Å². The number of nitrogens with zero attached hydrogens (tertiary/aromatic N) is 2. The first kappa shape index (κ1) is 15.3. The molecule has 1 N–H and O–H groups in total. The van der Waals surface area contributed by atoms with Gasteiger partial charge in [0.1, 0.15) is 0 Å². The highest BCUT2D eigenvalue weighted by molar-refractivity contribution is 5.65. The summed E-state index contributed by atoms with van der Waals surface area (Å²) in [4.78, 5) is 15.4. The molecular formula is C18H26N2O2. The summed E-state index contributed by atoms with van der Waals surface area (Å²) < 4.78 is 0. The Labute approximate surface area is 132 Å². The smallest absolute Gasteiger partial charge is 0.407 e. The second-order valence-corrected chi connectivity index (χ2v) is 7.72. The van der Waals surface area contributed by atoms with E-state index < -0.39 is 6.09 Å². The lowest BCUT2D eigenvalue weighted by Gasteiger charge is -2.58. The Bertz CT molecular complexity index is 538. The van der Waals surface area contributed by atoms with Crippen LogP contribution in [0, 0.1) is 11.3 Å². The van der Waals surface area contributed by atoms with E-state index >= 15 is 0 Å². The molecule has 2 heterocycles. The topological polar surface area (TPSA) is 43.8 Å². The van der Waals surface area contributed by atoms with Crippen LogP contribution in [0.15, 0.2) is 30.3 Å². The predicted octanol–water partition coefficient (Wildman–Crippen LogP) is 3.46. The Kier molecular flexibility index (Phi) is 3.89. The third-order valence-corrected chi connectivity index (χ3v) is 5.13. The van der Waals surface area contributed by atoms with Crippen LogP contribution < -0.4 is 0 Å². The zero-order valence-electron chi connectivity index (χ0n) is 13.7. The fourth-order valence-corrected chi connectivity index (χ4v) is 4.13. The highest BCUT2D eigenvalue weighted by atomic mass is 16.4. The third-order valence-electron chi connectivity index (χ3n) is 5.13. The first-order chi connectivity index (χ1) is 10.4. The Morgan fingerprint density at radius 3 is 2.50 bits per heavy atom. The molecule has 0 bridgehead atoms. The Morgan fingerprint density at radius 1 is 1.23 bits per heavy atom. The molecule has 4 nitrogen and oxygen atoms in total. The highest BCUT2D eigenvalue weighted by Gasteiger charge is 2.49. The summed E-state index contributed by atoms with van der Waals surface area (Å²) in [6.07, 6.45) is 0.219. The van der Waals surface area contributed by atoms with Crippen LogP contribution in [0.2, 0.25) is 0 Å². The van der Waals surface area contributed by atoms with E-state index in [4.69, 9.17) is 0 Å². The molecule has 0 saturated carbocycles. The maximum atomic E-state index is 11.3. The molecule has 1 aromatic rings. The largest absolute Gasteiger partial charge is 0.465 e. The van der Waals surface area contributed by atoms with Crippen LogP contribution in [0.25, 0.3) is 0 Å². The van der Waals surface area contributed by atoms with Crippen molar-refractivity contribution < 1.29 is 9.90 Å². The van der Waals surface area contributed by atoms with Crippen LogP contribution in [0.5, 0.6) is 0 Å². The van der Waals surface area contributed by atoms with E-state index in [1.54, 1.807) is 4.90 Å². The lowest BCUT2D eigenvalue weighted by Crippen LogP contribution is -2.66. The Balaban J connectivity index is 1.83. The minimum Gasteiger partial charge on any atom is -0.465 e. The number of piperidine rings is 1. The molecule has 3 unspecified atom stereocenters. The average molecular weight is 302 g/mol. The fraction of sp³-hybridized carbons (Fsp3) is 0.611. The summed E-state index contributed by atoms with van der Waals surface area (Å²) in [7, 11) is 0. The molecule has 1 amide bonds. The minimum atomic E-state index is -0.780. The van der Waals surface area contributed by atoms with Crippen molar-refractivity contribution in [1.82, 2.24) is 9.80 Å². The van der Waals surface area contributed by atoms with Crippen LogP contribution in [-0.4, -0.2) is 46.7 Å². The third kappa shape index (κ3) is 2.72. The summed E-state index contributed by atoms with van der Waals surface area (Å²) in [5.74, 6) is 0.657. The van der Waals surface area contributed by atoms with Crippen molar-refractivity contribution in [2.75, 3.05) is 19.6 Å². The summed E-state index contributed by atoms with van der Waals surface area (Å²) in [6.45, 7) is 9.26. The minimum absolute atomic E-state index is 0.123. The SMILES string of the molecule is CC(C)(C)C(c1ccccc1)N1CC2CCN(C(=O)O)CC21. The molecule has 0 aromatic heterocycles. The van der Waals surface area contributed by atoms with Gasteiger partial charge >= 0.3 is 6.09 Å². The number of likely N-dealkylation sites (tertiary alicyclic amines) is 2. The molecule has 2 aliphatic heterocycles. The number of carboxylic acid groups (broad SMARTS) is 1. The lowest BCUT2D eigenvalue weighted by atomic mass is 9.74.